The molecule has 2 saturated heterocycles. The topological polar surface area (TPSA) is 98.2 Å². The summed E-state index contributed by atoms with van der Waals surface area (Å²) in [5.74, 6) is -1.21. The number of aliphatic carboxylic acids is 1. The number of carbonyl (C=O) groups is 3. The number of carboxylic acids is 1. The first kappa shape index (κ1) is 15.6. The molecule has 2 N–H and O–H groups in total. The van der Waals surface area contributed by atoms with E-state index in [1.165, 1.54) is 9.80 Å². The molecule has 0 aromatic carbocycles. The zero-order valence-electron chi connectivity index (χ0n) is 12.4. The number of carboxylic acid groups (broad SMARTS) is 2. The second kappa shape index (κ2) is 5.54. The Labute approximate surface area is 123 Å². The van der Waals surface area contributed by atoms with Gasteiger partial charge in [0.25, 0.3) is 0 Å². The van der Waals surface area contributed by atoms with Gasteiger partial charge in [0, 0.05) is 13.1 Å². The zero-order valence-corrected chi connectivity index (χ0v) is 12.4. The third kappa shape index (κ3) is 2.56. The lowest BCUT2D eigenvalue weighted by Crippen LogP contribution is -2.54. The fourth-order valence-corrected chi connectivity index (χ4v) is 3.53. The number of rotatable bonds is 4. The summed E-state index contributed by atoms with van der Waals surface area (Å²) in [6, 6.07) is -0.867. The van der Waals surface area contributed by atoms with Crippen molar-refractivity contribution in [2.75, 3.05) is 13.1 Å². The van der Waals surface area contributed by atoms with Crippen LogP contribution in [0.4, 0.5) is 4.79 Å². The summed E-state index contributed by atoms with van der Waals surface area (Å²) >= 11 is 0. The van der Waals surface area contributed by atoms with Gasteiger partial charge in [-0.2, -0.15) is 0 Å². The first-order valence-corrected chi connectivity index (χ1v) is 7.34. The molecular weight excluding hydrogens is 276 g/mol. The van der Waals surface area contributed by atoms with Crippen LogP contribution in [0.2, 0.25) is 0 Å². The Morgan fingerprint density at radius 3 is 2.43 bits per heavy atom. The third-order valence-electron chi connectivity index (χ3n) is 4.50. The Kier molecular flexibility index (Phi) is 4.11. The molecule has 2 heterocycles. The standard InChI is InChI=1S/C14H22N2O5/c1-9(2)8-10(11(17)18)15-7-5-14(12(15)19)4-3-6-16(14)13(20)21/h9-10H,3-8H2,1-2H3,(H,17,18)(H,20,21)/t10-,14-/m0/s1. The number of hydrogen-bond acceptors (Lipinski definition) is 3. The van der Waals surface area contributed by atoms with E-state index < -0.39 is 23.6 Å². The van der Waals surface area contributed by atoms with E-state index in [-0.39, 0.29) is 11.8 Å². The van der Waals surface area contributed by atoms with E-state index in [1.54, 1.807) is 0 Å². The Morgan fingerprint density at radius 2 is 1.90 bits per heavy atom. The van der Waals surface area contributed by atoms with Crippen LogP contribution < -0.4 is 0 Å². The fourth-order valence-electron chi connectivity index (χ4n) is 3.53. The quantitative estimate of drug-likeness (QED) is 0.813. The molecule has 0 bridgehead atoms. The van der Waals surface area contributed by atoms with Crippen molar-refractivity contribution in [2.45, 2.75) is 51.1 Å². The van der Waals surface area contributed by atoms with Crippen LogP contribution in [0.5, 0.6) is 0 Å². The molecule has 2 fully saturated rings. The van der Waals surface area contributed by atoms with Gasteiger partial charge in [-0.15, -0.1) is 0 Å². The second-order valence-corrected chi connectivity index (χ2v) is 6.30. The van der Waals surface area contributed by atoms with E-state index in [4.69, 9.17) is 0 Å². The molecule has 0 aromatic rings. The summed E-state index contributed by atoms with van der Waals surface area (Å²) in [6.45, 7) is 4.47. The molecule has 2 atom stereocenters. The van der Waals surface area contributed by atoms with Gasteiger partial charge in [0.2, 0.25) is 5.91 Å². The van der Waals surface area contributed by atoms with Crippen LogP contribution in [-0.2, 0) is 9.59 Å². The van der Waals surface area contributed by atoms with Crippen LogP contribution in [0.15, 0.2) is 0 Å². The fraction of sp³-hybridized carbons (Fsp3) is 0.786. The monoisotopic (exact) mass is 298 g/mol. The van der Waals surface area contributed by atoms with Crippen LogP contribution in [0.1, 0.15) is 39.5 Å². The molecule has 2 rings (SSSR count). The van der Waals surface area contributed by atoms with Crippen LogP contribution in [0.25, 0.3) is 0 Å². The molecule has 0 unspecified atom stereocenters. The van der Waals surface area contributed by atoms with Gasteiger partial charge < -0.3 is 15.1 Å². The van der Waals surface area contributed by atoms with Crippen LogP contribution in [0.3, 0.4) is 0 Å². The SMILES string of the molecule is CC(C)C[C@@H](C(=O)O)N1CC[C@@]2(CCCN2C(=O)O)C1=O. The van der Waals surface area contributed by atoms with Gasteiger partial charge in [0.05, 0.1) is 0 Å². The summed E-state index contributed by atoms with van der Waals surface area (Å²) < 4.78 is 0. The Bertz CT molecular complexity index is 464. The van der Waals surface area contributed by atoms with Crippen molar-refractivity contribution in [2.24, 2.45) is 5.92 Å². The number of carbonyl (C=O) groups excluding carboxylic acids is 1. The summed E-state index contributed by atoms with van der Waals surface area (Å²) in [4.78, 5) is 38.1. The molecule has 7 nitrogen and oxygen atoms in total. The first-order chi connectivity index (χ1) is 9.79. The molecule has 118 valence electrons. The van der Waals surface area contributed by atoms with Crippen molar-refractivity contribution in [1.29, 1.82) is 0 Å². The zero-order chi connectivity index (χ0) is 15.8. The highest BCUT2D eigenvalue weighted by Crippen LogP contribution is 2.40. The molecular formula is C14H22N2O5. The van der Waals surface area contributed by atoms with E-state index in [9.17, 15) is 24.6 Å². The highest BCUT2D eigenvalue weighted by Gasteiger charge is 2.56. The minimum absolute atomic E-state index is 0.148. The molecule has 0 saturated carbocycles. The molecule has 1 spiro atoms. The van der Waals surface area contributed by atoms with Crippen molar-refractivity contribution < 1.29 is 24.6 Å². The van der Waals surface area contributed by atoms with Crippen molar-refractivity contribution in [3.05, 3.63) is 0 Å². The normalized spacial score (nSPS) is 26.9. The largest absolute Gasteiger partial charge is 0.480 e. The van der Waals surface area contributed by atoms with Crippen molar-refractivity contribution in [1.82, 2.24) is 9.80 Å². The number of nitrogens with zero attached hydrogens (tertiary/aromatic N) is 2. The van der Waals surface area contributed by atoms with Crippen LogP contribution in [0, 0.1) is 5.92 Å². The summed E-state index contributed by atoms with van der Waals surface area (Å²) in [6.07, 6.45) is 0.805. The highest BCUT2D eigenvalue weighted by molar-refractivity contribution is 5.94. The van der Waals surface area contributed by atoms with E-state index in [0.29, 0.717) is 38.8 Å². The predicted octanol–water partition coefficient (Wildman–Crippen LogP) is 1.23. The van der Waals surface area contributed by atoms with Gasteiger partial charge in [-0.25, -0.2) is 9.59 Å². The molecule has 0 radical (unpaired) electrons. The van der Waals surface area contributed by atoms with E-state index in [2.05, 4.69) is 0 Å². The smallest absolute Gasteiger partial charge is 0.408 e. The minimum Gasteiger partial charge on any atom is -0.480 e. The van der Waals surface area contributed by atoms with E-state index >= 15 is 0 Å². The maximum atomic E-state index is 12.7. The molecule has 2 amide bonds. The summed E-state index contributed by atoms with van der Waals surface area (Å²) in [5, 5.41) is 18.7. The third-order valence-corrected chi connectivity index (χ3v) is 4.50. The molecule has 0 aliphatic carbocycles. The van der Waals surface area contributed by atoms with Crippen LogP contribution in [-0.4, -0.2) is 62.7 Å². The molecule has 2 aliphatic rings. The van der Waals surface area contributed by atoms with E-state index in [0.717, 1.165) is 0 Å². The van der Waals surface area contributed by atoms with Crippen molar-refractivity contribution in [3.63, 3.8) is 0 Å². The molecule has 7 heteroatoms. The first-order valence-electron chi connectivity index (χ1n) is 7.34. The average molecular weight is 298 g/mol. The van der Waals surface area contributed by atoms with Gasteiger partial charge in [0.15, 0.2) is 0 Å². The lowest BCUT2D eigenvalue weighted by atomic mass is 9.94. The molecule has 0 aromatic heterocycles. The van der Waals surface area contributed by atoms with Gasteiger partial charge >= 0.3 is 12.1 Å². The Hall–Kier alpha value is -1.79. The van der Waals surface area contributed by atoms with Gasteiger partial charge in [0.1, 0.15) is 11.6 Å². The molecule has 2 aliphatic heterocycles. The predicted molar refractivity (Wildman–Crippen MR) is 73.9 cm³/mol. The Balaban J connectivity index is 2.24. The van der Waals surface area contributed by atoms with Gasteiger partial charge in [-0.05, 0) is 31.6 Å². The summed E-state index contributed by atoms with van der Waals surface area (Å²) in [5.41, 5.74) is -1.03. The maximum Gasteiger partial charge on any atom is 0.408 e. The minimum atomic E-state index is -1.10. The number of likely N-dealkylation sites (tertiary alicyclic amines) is 2. The van der Waals surface area contributed by atoms with Crippen molar-refractivity contribution >= 4 is 18.0 Å². The second-order valence-electron chi connectivity index (χ2n) is 6.30. The van der Waals surface area contributed by atoms with E-state index in [1.807, 2.05) is 13.8 Å². The number of amides is 2. The summed E-state index contributed by atoms with van der Waals surface area (Å²) in [7, 11) is 0. The maximum absolute atomic E-state index is 12.7. The molecule has 21 heavy (non-hydrogen) atoms. The average Bonchev–Trinajstić information content (AvgIpc) is 2.94. The van der Waals surface area contributed by atoms with Crippen molar-refractivity contribution in [3.8, 4) is 0 Å². The lowest BCUT2D eigenvalue weighted by Gasteiger charge is -2.33. The highest BCUT2D eigenvalue weighted by atomic mass is 16.4. The van der Waals surface area contributed by atoms with Crippen LogP contribution >= 0.6 is 0 Å². The number of hydrogen-bond donors (Lipinski definition) is 2. The Morgan fingerprint density at radius 1 is 1.24 bits per heavy atom. The van der Waals surface area contributed by atoms with Gasteiger partial charge in [-0.1, -0.05) is 13.8 Å². The lowest BCUT2D eigenvalue weighted by molar-refractivity contribution is -0.151. The van der Waals surface area contributed by atoms with Gasteiger partial charge in [-0.3, -0.25) is 9.69 Å².